The summed E-state index contributed by atoms with van der Waals surface area (Å²) in [4.78, 5) is 0. The van der Waals surface area contributed by atoms with Crippen LogP contribution in [0.1, 0.15) is 33.4 Å². The Kier molecular flexibility index (Phi) is 6.14. The minimum atomic E-state index is -4.79. The molecule has 150 valence electrons. The minimum Gasteiger partial charge on any atom is -0.404 e. The molecule has 0 saturated heterocycles. The van der Waals surface area contributed by atoms with Gasteiger partial charge in [0.25, 0.3) is 0 Å². The molecule has 0 saturated carbocycles. The van der Waals surface area contributed by atoms with Gasteiger partial charge in [0, 0.05) is 16.7 Å². The minimum absolute atomic E-state index is 0.142. The number of alkyl halides is 3. The summed E-state index contributed by atoms with van der Waals surface area (Å²) in [5.41, 5.74) is 3.22. The highest BCUT2D eigenvalue weighted by atomic mass is 19.4. The molecule has 30 heavy (non-hydrogen) atoms. The highest BCUT2D eigenvalue weighted by molar-refractivity contribution is 5.52. The smallest absolute Gasteiger partial charge is 0.404 e. The van der Waals surface area contributed by atoms with Crippen LogP contribution in [0.25, 0.3) is 0 Å². The predicted molar refractivity (Wildman–Crippen MR) is 107 cm³/mol. The summed E-state index contributed by atoms with van der Waals surface area (Å²) < 4.78 is 55.4. The topological polar surface area (TPSA) is 9.23 Å². The van der Waals surface area contributed by atoms with E-state index in [1.807, 2.05) is 0 Å². The van der Waals surface area contributed by atoms with Crippen LogP contribution in [0.15, 0.2) is 60.7 Å². The van der Waals surface area contributed by atoms with E-state index in [9.17, 15) is 17.6 Å². The summed E-state index contributed by atoms with van der Waals surface area (Å²) >= 11 is 0. The van der Waals surface area contributed by atoms with Gasteiger partial charge in [0.15, 0.2) is 0 Å². The standard InChI is InChI=1S/C25H16F4O/c1-17-3-13-22(24(15-17)30-25(27,28)29)14-12-20-8-6-19(7-9-20)10-11-21-5-4-18(2)23(26)16-21/h3-9,13,15-16H,1-2H3. The third-order valence-corrected chi connectivity index (χ3v) is 4.11. The Morgan fingerprint density at radius 1 is 0.700 bits per heavy atom. The number of ether oxygens (including phenoxy) is 1. The molecule has 0 aromatic heterocycles. The maximum Gasteiger partial charge on any atom is 0.573 e. The molecule has 0 amide bonds. The van der Waals surface area contributed by atoms with Gasteiger partial charge in [-0.3, -0.25) is 0 Å². The lowest BCUT2D eigenvalue weighted by molar-refractivity contribution is -0.274. The second-order valence-corrected chi connectivity index (χ2v) is 6.59. The van der Waals surface area contributed by atoms with Crippen LogP contribution in [-0.2, 0) is 0 Å². The zero-order valence-electron chi connectivity index (χ0n) is 16.2. The Morgan fingerprint density at radius 3 is 1.87 bits per heavy atom. The van der Waals surface area contributed by atoms with Gasteiger partial charge < -0.3 is 4.74 Å². The number of hydrogen-bond acceptors (Lipinski definition) is 1. The van der Waals surface area contributed by atoms with Gasteiger partial charge in [-0.2, -0.15) is 0 Å². The number of benzene rings is 3. The van der Waals surface area contributed by atoms with Crippen molar-refractivity contribution in [2.45, 2.75) is 20.2 Å². The van der Waals surface area contributed by atoms with E-state index in [0.717, 1.165) is 0 Å². The summed E-state index contributed by atoms with van der Waals surface area (Å²) in [6.45, 7) is 3.35. The van der Waals surface area contributed by atoms with E-state index in [-0.39, 0.29) is 17.1 Å². The van der Waals surface area contributed by atoms with E-state index in [1.54, 1.807) is 56.3 Å². The molecule has 0 aliphatic carbocycles. The highest BCUT2D eigenvalue weighted by Gasteiger charge is 2.32. The van der Waals surface area contributed by atoms with E-state index in [0.29, 0.717) is 27.8 Å². The molecular weight excluding hydrogens is 392 g/mol. The molecule has 5 heteroatoms. The molecule has 0 spiro atoms. The summed E-state index contributed by atoms with van der Waals surface area (Å²) in [5.74, 6) is 10.7. The Hall–Kier alpha value is -3.70. The van der Waals surface area contributed by atoms with E-state index in [2.05, 4.69) is 28.4 Å². The van der Waals surface area contributed by atoms with Gasteiger partial charge in [-0.25, -0.2) is 4.39 Å². The van der Waals surface area contributed by atoms with Crippen LogP contribution in [0.2, 0.25) is 0 Å². The van der Waals surface area contributed by atoms with Gasteiger partial charge in [0.05, 0.1) is 5.56 Å². The number of aryl methyl sites for hydroxylation is 2. The van der Waals surface area contributed by atoms with Crippen molar-refractivity contribution in [3.8, 4) is 29.4 Å². The summed E-state index contributed by atoms with van der Waals surface area (Å²) in [6, 6.07) is 16.1. The van der Waals surface area contributed by atoms with Gasteiger partial charge in [-0.05, 0) is 73.5 Å². The van der Waals surface area contributed by atoms with E-state index in [4.69, 9.17) is 0 Å². The third-order valence-electron chi connectivity index (χ3n) is 4.11. The average Bonchev–Trinajstić information content (AvgIpc) is 2.68. The van der Waals surface area contributed by atoms with Crippen LogP contribution < -0.4 is 4.74 Å². The fourth-order valence-electron chi connectivity index (χ4n) is 2.53. The van der Waals surface area contributed by atoms with Crippen molar-refractivity contribution in [1.82, 2.24) is 0 Å². The van der Waals surface area contributed by atoms with E-state index in [1.165, 1.54) is 18.2 Å². The molecule has 0 unspecified atom stereocenters. The first kappa shape index (κ1) is 21.0. The number of hydrogen-bond donors (Lipinski definition) is 0. The van der Waals surface area contributed by atoms with E-state index < -0.39 is 6.36 Å². The van der Waals surface area contributed by atoms with Crippen molar-refractivity contribution in [3.63, 3.8) is 0 Å². The molecule has 0 aliphatic heterocycles. The maximum absolute atomic E-state index is 13.6. The van der Waals surface area contributed by atoms with Crippen molar-refractivity contribution in [2.24, 2.45) is 0 Å². The fraction of sp³-hybridized carbons (Fsp3) is 0.120. The predicted octanol–water partition coefficient (Wildman–Crippen LogP) is 6.14. The van der Waals surface area contributed by atoms with Crippen molar-refractivity contribution < 1.29 is 22.3 Å². The SMILES string of the molecule is Cc1ccc(C#Cc2ccc(C#Cc3ccc(C)c(F)c3)cc2)c(OC(F)(F)F)c1. The summed E-state index contributed by atoms with van der Waals surface area (Å²) in [7, 11) is 0. The highest BCUT2D eigenvalue weighted by Crippen LogP contribution is 2.27. The molecule has 0 bridgehead atoms. The molecule has 3 aromatic carbocycles. The van der Waals surface area contributed by atoms with Crippen molar-refractivity contribution >= 4 is 0 Å². The lowest BCUT2D eigenvalue weighted by atomic mass is 10.1. The Bertz CT molecular complexity index is 1180. The number of rotatable bonds is 1. The lowest BCUT2D eigenvalue weighted by Gasteiger charge is -2.11. The van der Waals surface area contributed by atoms with Gasteiger partial charge in [0.2, 0.25) is 0 Å². The molecule has 0 radical (unpaired) electrons. The first-order valence-electron chi connectivity index (χ1n) is 8.96. The lowest BCUT2D eigenvalue weighted by Crippen LogP contribution is -2.17. The third kappa shape index (κ3) is 5.90. The zero-order valence-corrected chi connectivity index (χ0v) is 16.2. The second-order valence-electron chi connectivity index (χ2n) is 6.59. The molecule has 0 heterocycles. The Morgan fingerprint density at radius 2 is 1.27 bits per heavy atom. The van der Waals surface area contributed by atoms with Crippen LogP contribution >= 0.6 is 0 Å². The largest absolute Gasteiger partial charge is 0.573 e. The van der Waals surface area contributed by atoms with Gasteiger partial charge >= 0.3 is 6.36 Å². The van der Waals surface area contributed by atoms with Crippen molar-refractivity contribution in [1.29, 1.82) is 0 Å². The summed E-state index contributed by atoms with van der Waals surface area (Å²) in [6.07, 6.45) is -4.79. The molecule has 0 atom stereocenters. The fourth-order valence-corrected chi connectivity index (χ4v) is 2.53. The molecule has 3 aromatic rings. The van der Waals surface area contributed by atoms with Crippen LogP contribution in [-0.4, -0.2) is 6.36 Å². The molecule has 0 aliphatic rings. The van der Waals surface area contributed by atoms with Gasteiger partial charge in [-0.15, -0.1) is 13.2 Å². The maximum atomic E-state index is 13.6. The number of halogens is 4. The van der Waals surface area contributed by atoms with Gasteiger partial charge in [0.1, 0.15) is 11.6 Å². The molecule has 0 fully saturated rings. The van der Waals surface area contributed by atoms with E-state index >= 15 is 0 Å². The first-order chi connectivity index (χ1) is 14.2. The van der Waals surface area contributed by atoms with Crippen molar-refractivity contribution in [2.75, 3.05) is 0 Å². The summed E-state index contributed by atoms with van der Waals surface area (Å²) in [5, 5.41) is 0. The van der Waals surface area contributed by atoms with Gasteiger partial charge in [-0.1, -0.05) is 35.8 Å². The molecular formula is C25H16F4O. The first-order valence-corrected chi connectivity index (χ1v) is 8.96. The van der Waals surface area contributed by atoms with Crippen molar-refractivity contribution in [3.05, 3.63) is 99.9 Å². The van der Waals surface area contributed by atoms with Crippen LogP contribution in [0, 0.1) is 43.3 Å². The molecule has 3 rings (SSSR count). The average molecular weight is 408 g/mol. The second kappa shape index (κ2) is 8.76. The zero-order chi connectivity index (χ0) is 21.7. The van der Waals surface area contributed by atoms with Crippen LogP contribution in [0.5, 0.6) is 5.75 Å². The van der Waals surface area contributed by atoms with Crippen LogP contribution in [0.3, 0.4) is 0 Å². The Balaban J connectivity index is 1.79. The normalized spacial score (nSPS) is 10.5. The molecule has 0 N–H and O–H groups in total. The quantitative estimate of drug-likeness (QED) is 0.347. The van der Waals surface area contributed by atoms with Crippen LogP contribution in [0.4, 0.5) is 17.6 Å². The Labute approximate surface area is 172 Å². The monoisotopic (exact) mass is 408 g/mol. The molecule has 1 nitrogen and oxygen atoms in total.